The summed E-state index contributed by atoms with van der Waals surface area (Å²) in [5.41, 5.74) is 1.48. The van der Waals surface area contributed by atoms with Gasteiger partial charge in [0.2, 0.25) is 0 Å². The summed E-state index contributed by atoms with van der Waals surface area (Å²) < 4.78 is 5.05. The molecular formula is C11H13NO2. The molecule has 0 spiro atoms. The number of nitriles is 1. The summed E-state index contributed by atoms with van der Waals surface area (Å²) in [5, 5.41) is 17.9. The van der Waals surface area contributed by atoms with Crippen LogP contribution in [0.25, 0.3) is 0 Å². The fraction of sp³-hybridized carbons (Fsp3) is 0.364. The van der Waals surface area contributed by atoms with Crippen molar-refractivity contribution in [2.75, 3.05) is 7.11 Å². The fourth-order valence-electron chi connectivity index (χ4n) is 1.30. The lowest BCUT2D eigenvalue weighted by molar-refractivity contribution is 0.195. The highest BCUT2D eigenvalue weighted by molar-refractivity contribution is 5.45. The number of nitrogens with zero attached hydrogens (tertiary/aromatic N) is 1. The van der Waals surface area contributed by atoms with Crippen LogP contribution in [0.5, 0.6) is 5.75 Å². The predicted molar refractivity (Wildman–Crippen MR) is 53.1 cm³/mol. The molecule has 0 unspecified atom stereocenters. The van der Waals surface area contributed by atoms with Crippen LogP contribution in [-0.2, 0) is 6.42 Å². The second-order valence-corrected chi connectivity index (χ2v) is 3.20. The van der Waals surface area contributed by atoms with Gasteiger partial charge in [0.15, 0.2) is 0 Å². The number of rotatable bonds is 3. The Bertz CT molecular complexity index is 353. The van der Waals surface area contributed by atoms with Crippen molar-refractivity contribution in [1.82, 2.24) is 0 Å². The zero-order chi connectivity index (χ0) is 10.6. The molecule has 0 aliphatic heterocycles. The van der Waals surface area contributed by atoms with Gasteiger partial charge in [-0.15, -0.1) is 0 Å². The molecule has 0 heterocycles. The van der Waals surface area contributed by atoms with E-state index in [2.05, 4.69) is 0 Å². The third kappa shape index (κ3) is 2.48. The Morgan fingerprint density at radius 1 is 1.57 bits per heavy atom. The highest BCUT2D eigenvalue weighted by Crippen LogP contribution is 2.19. The van der Waals surface area contributed by atoms with E-state index in [4.69, 9.17) is 10.00 Å². The number of aliphatic hydroxyl groups is 1. The number of benzene rings is 1. The van der Waals surface area contributed by atoms with E-state index in [0.717, 1.165) is 5.56 Å². The minimum Gasteiger partial charge on any atom is -0.495 e. The standard InChI is InChI=1S/C11H13NO2/c1-8(13)5-9-3-4-10(7-12)11(6-9)14-2/h3-4,6,8,13H,5H2,1-2H3/t8-/m1/s1. The van der Waals surface area contributed by atoms with Gasteiger partial charge in [-0.3, -0.25) is 0 Å². The summed E-state index contributed by atoms with van der Waals surface area (Å²) in [4.78, 5) is 0. The maximum atomic E-state index is 9.19. The van der Waals surface area contributed by atoms with Crippen LogP contribution in [-0.4, -0.2) is 18.3 Å². The van der Waals surface area contributed by atoms with Crippen LogP contribution in [0.3, 0.4) is 0 Å². The monoisotopic (exact) mass is 191 g/mol. The normalized spacial score (nSPS) is 11.9. The van der Waals surface area contributed by atoms with Gasteiger partial charge in [0.05, 0.1) is 18.8 Å². The molecule has 1 atom stereocenters. The molecule has 0 fully saturated rings. The molecule has 0 aromatic heterocycles. The lowest BCUT2D eigenvalue weighted by atomic mass is 10.1. The number of hydrogen-bond acceptors (Lipinski definition) is 3. The van der Waals surface area contributed by atoms with Gasteiger partial charge in [-0.1, -0.05) is 6.07 Å². The molecule has 3 heteroatoms. The fourth-order valence-corrected chi connectivity index (χ4v) is 1.30. The zero-order valence-electron chi connectivity index (χ0n) is 8.32. The zero-order valence-corrected chi connectivity index (χ0v) is 8.32. The van der Waals surface area contributed by atoms with Crippen molar-refractivity contribution in [2.24, 2.45) is 0 Å². The van der Waals surface area contributed by atoms with Gasteiger partial charge in [0.25, 0.3) is 0 Å². The van der Waals surface area contributed by atoms with E-state index in [1.54, 1.807) is 19.1 Å². The van der Waals surface area contributed by atoms with Crippen molar-refractivity contribution >= 4 is 0 Å². The molecule has 74 valence electrons. The Morgan fingerprint density at radius 3 is 2.79 bits per heavy atom. The molecule has 0 aliphatic rings. The average Bonchev–Trinajstić information content (AvgIpc) is 2.16. The van der Waals surface area contributed by atoms with Crippen LogP contribution < -0.4 is 4.74 Å². The topological polar surface area (TPSA) is 53.2 Å². The van der Waals surface area contributed by atoms with Gasteiger partial charge in [-0.2, -0.15) is 5.26 Å². The van der Waals surface area contributed by atoms with E-state index < -0.39 is 0 Å². The summed E-state index contributed by atoms with van der Waals surface area (Å²) in [6.45, 7) is 1.73. The van der Waals surface area contributed by atoms with Crippen LogP contribution in [0.15, 0.2) is 18.2 Å². The number of aliphatic hydroxyl groups excluding tert-OH is 1. The Balaban J connectivity index is 2.97. The molecule has 0 saturated heterocycles. The van der Waals surface area contributed by atoms with Crippen molar-refractivity contribution in [1.29, 1.82) is 5.26 Å². The molecule has 1 aromatic carbocycles. The first-order valence-electron chi connectivity index (χ1n) is 4.42. The maximum absolute atomic E-state index is 9.19. The molecule has 14 heavy (non-hydrogen) atoms. The highest BCUT2D eigenvalue weighted by atomic mass is 16.5. The first kappa shape index (κ1) is 10.6. The van der Waals surface area contributed by atoms with Gasteiger partial charge in [-0.05, 0) is 31.0 Å². The molecular weight excluding hydrogens is 178 g/mol. The van der Waals surface area contributed by atoms with Crippen molar-refractivity contribution < 1.29 is 9.84 Å². The van der Waals surface area contributed by atoms with Crippen LogP contribution in [0.2, 0.25) is 0 Å². The van der Waals surface area contributed by atoms with Crippen LogP contribution in [0.4, 0.5) is 0 Å². The van der Waals surface area contributed by atoms with Gasteiger partial charge >= 0.3 is 0 Å². The molecule has 1 N–H and O–H groups in total. The SMILES string of the molecule is COc1cc(C[C@@H](C)O)ccc1C#N. The molecule has 1 aromatic rings. The van der Waals surface area contributed by atoms with E-state index in [-0.39, 0.29) is 6.10 Å². The third-order valence-corrected chi connectivity index (χ3v) is 1.92. The van der Waals surface area contributed by atoms with Crippen LogP contribution in [0.1, 0.15) is 18.1 Å². The first-order valence-corrected chi connectivity index (χ1v) is 4.42. The second-order valence-electron chi connectivity index (χ2n) is 3.20. The van der Waals surface area contributed by atoms with Crippen LogP contribution >= 0.6 is 0 Å². The summed E-state index contributed by atoms with van der Waals surface area (Å²) in [5.74, 6) is 0.561. The lowest BCUT2D eigenvalue weighted by Gasteiger charge is -2.07. The van der Waals surface area contributed by atoms with Crippen LogP contribution in [0, 0.1) is 11.3 Å². The molecule has 0 amide bonds. The Kier molecular flexibility index (Phi) is 3.49. The number of methoxy groups -OCH3 is 1. The second kappa shape index (κ2) is 4.64. The van der Waals surface area contributed by atoms with E-state index in [1.807, 2.05) is 12.1 Å². The molecule has 3 nitrogen and oxygen atoms in total. The third-order valence-electron chi connectivity index (χ3n) is 1.92. The van der Waals surface area contributed by atoms with Crippen molar-refractivity contribution in [3.63, 3.8) is 0 Å². The molecule has 0 radical (unpaired) electrons. The quantitative estimate of drug-likeness (QED) is 0.787. The van der Waals surface area contributed by atoms with Gasteiger partial charge < -0.3 is 9.84 Å². The Hall–Kier alpha value is -1.53. The molecule has 0 bridgehead atoms. The largest absolute Gasteiger partial charge is 0.495 e. The van der Waals surface area contributed by atoms with E-state index in [1.165, 1.54) is 7.11 Å². The Labute approximate surface area is 83.6 Å². The number of hydrogen-bond donors (Lipinski definition) is 1. The summed E-state index contributed by atoms with van der Waals surface area (Å²) >= 11 is 0. The van der Waals surface area contributed by atoms with Gasteiger partial charge in [-0.25, -0.2) is 0 Å². The highest BCUT2D eigenvalue weighted by Gasteiger charge is 2.05. The molecule has 0 aliphatic carbocycles. The minimum atomic E-state index is -0.382. The number of ether oxygens (including phenoxy) is 1. The predicted octanol–water partition coefficient (Wildman–Crippen LogP) is 1.49. The summed E-state index contributed by atoms with van der Waals surface area (Å²) in [7, 11) is 1.53. The maximum Gasteiger partial charge on any atom is 0.136 e. The van der Waals surface area contributed by atoms with Crippen molar-refractivity contribution in [2.45, 2.75) is 19.4 Å². The average molecular weight is 191 g/mol. The summed E-state index contributed by atoms with van der Waals surface area (Å²) in [6.07, 6.45) is 0.190. The van der Waals surface area contributed by atoms with Gasteiger partial charge in [0.1, 0.15) is 11.8 Å². The first-order chi connectivity index (χ1) is 6.67. The van der Waals surface area contributed by atoms with E-state index in [0.29, 0.717) is 17.7 Å². The van der Waals surface area contributed by atoms with E-state index in [9.17, 15) is 5.11 Å². The molecule has 0 saturated carbocycles. The summed E-state index contributed by atoms with van der Waals surface area (Å²) in [6, 6.07) is 7.35. The van der Waals surface area contributed by atoms with E-state index >= 15 is 0 Å². The smallest absolute Gasteiger partial charge is 0.136 e. The van der Waals surface area contributed by atoms with Crippen molar-refractivity contribution in [3.8, 4) is 11.8 Å². The minimum absolute atomic E-state index is 0.382. The Morgan fingerprint density at radius 2 is 2.29 bits per heavy atom. The van der Waals surface area contributed by atoms with Gasteiger partial charge in [0, 0.05) is 0 Å². The lowest BCUT2D eigenvalue weighted by Crippen LogP contribution is -2.04. The molecule has 1 rings (SSSR count). The van der Waals surface area contributed by atoms with Crippen molar-refractivity contribution in [3.05, 3.63) is 29.3 Å².